The van der Waals surface area contributed by atoms with Crippen molar-refractivity contribution >= 4 is 11.6 Å². The van der Waals surface area contributed by atoms with Gasteiger partial charge in [-0.3, -0.25) is 4.79 Å². The van der Waals surface area contributed by atoms with Gasteiger partial charge < -0.3 is 4.90 Å². The Bertz CT molecular complexity index is 373. The molecule has 1 heterocycles. The van der Waals surface area contributed by atoms with Crippen LogP contribution in [0.25, 0.3) is 0 Å². The quantitative estimate of drug-likeness (QED) is 0.723. The van der Waals surface area contributed by atoms with E-state index < -0.39 is 0 Å². The number of carbonyl (C=O) groups is 1. The Morgan fingerprint density at radius 1 is 1.47 bits per heavy atom. The van der Waals surface area contributed by atoms with Crippen molar-refractivity contribution in [3.63, 3.8) is 0 Å². The minimum absolute atomic E-state index is 0.260. The van der Waals surface area contributed by atoms with Crippen LogP contribution in [0.3, 0.4) is 0 Å². The van der Waals surface area contributed by atoms with Crippen molar-refractivity contribution in [2.24, 2.45) is 0 Å². The van der Waals surface area contributed by atoms with Gasteiger partial charge in [0.05, 0.1) is 0 Å². The zero-order chi connectivity index (χ0) is 10.8. The Balaban J connectivity index is 2.31. The van der Waals surface area contributed by atoms with Crippen LogP contribution in [-0.4, -0.2) is 11.9 Å². The first-order chi connectivity index (χ1) is 7.22. The zero-order valence-electron chi connectivity index (χ0n) is 9.36. The van der Waals surface area contributed by atoms with Gasteiger partial charge >= 0.3 is 0 Å². The molecular formula is C13H17NO. The first-order valence-electron chi connectivity index (χ1n) is 5.63. The van der Waals surface area contributed by atoms with Gasteiger partial charge in [0.25, 0.3) is 0 Å². The fourth-order valence-electron chi connectivity index (χ4n) is 2.15. The van der Waals surface area contributed by atoms with Crippen molar-refractivity contribution in [2.75, 3.05) is 4.90 Å². The molecule has 0 N–H and O–H groups in total. The predicted molar refractivity (Wildman–Crippen MR) is 62.0 cm³/mol. The molecule has 0 saturated carbocycles. The third-order valence-electron chi connectivity index (χ3n) is 3.08. The van der Waals surface area contributed by atoms with Crippen LogP contribution in [0, 0.1) is 0 Å². The Hall–Kier alpha value is -1.31. The Morgan fingerprint density at radius 3 is 2.87 bits per heavy atom. The van der Waals surface area contributed by atoms with Crippen LogP contribution in [0.1, 0.15) is 32.3 Å². The summed E-state index contributed by atoms with van der Waals surface area (Å²) in [4.78, 5) is 13.6. The number of rotatable bonds is 2. The Kier molecular flexibility index (Phi) is 2.76. The highest BCUT2D eigenvalue weighted by molar-refractivity contribution is 5.96. The van der Waals surface area contributed by atoms with Crippen LogP contribution >= 0.6 is 0 Å². The second-order valence-corrected chi connectivity index (χ2v) is 4.17. The molecule has 1 aliphatic rings. The van der Waals surface area contributed by atoms with E-state index in [0.29, 0.717) is 12.5 Å². The molecule has 0 aromatic heterocycles. The van der Waals surface area contributed by atoms with Gasteiger partial charge in [0.1, 0.15) is 0 Å². The van der Waals surface area contributed by atoms with Crippen LogP contribution in [0.5, 0.6) is 0 Å². The SMILES string of the molecule is CCc1cccc(N2C(=O)CCC2C)c1. The van der Waals surface area contributed by atoms with E-state index in [0.717, 1.165) is 18.5 Å². The molecule has 1 fully saturated rings. The van der Waals surface area contributed by atoms with Crippen LogP contribution in [0.2, 0.25) is 0 Å². The lowest BCUT2D eigenvalue weighted by atomic mass is 10.1. The molecule has 80 valence electrons. The van der Waals surface area contributed by atoms with Crippen molar-refractivity contribution in [3.05, 3.63) is 29.8 Å². The molecule has 2 rings (SSSR count). The number of nitrogens with zero attached hydrogens (tertiary/aromatic N) is 1. The number of hydrogen-bond donors (Lipinski definition) is 0. The summed E-state index contributed by atoms with van der Waals surface area (Å²) in [5.41, 5.74) is 2.35. The molecule has 1 atom stereocenters. The van der Waals surface area contributed by atoms with Crippen LogP contribution in [0.4, 0.5) is 5.69 Å². The highest BCUT2D eigenvalue weighted by atomic mass is 16.2. The molecule has 1 aliphatic heterocycles. The molecule has 1 saturated heterocycles. The Morgan fingerprint density at radius 2 is 2.27 bits per heavy atom. The van der Waals surface area contributed by atoms with Gasteiger partial charge in [-0.05, 0) is 37.5 Å². The maximum Gasteiger partial charge on any atom is 0.227 e. The fourth-order valence-corrected chi connectivity index (χ4v) is 2.15. The molecule has 0 radical (unpaired) electrons. The summed E-state index contributed by atoms with van der Waals surface area (Å²) in [6.45, 7) is 4.25. The third kappa shape index (κ3) is 1.89. The van der Waals surface area contributed by atoms with Gasteiger partial charge in [-0.25, -0.2) is 0 Å². The number of amides is 1. The molecular weight excluding hydrogens is 186 g/mol. The Labute approximate surface area is 90.9 Å². The first-order valence-corrected chi connectivity index (χ1v) is 5.63. The van der Waals surface area contributed by atoms with Gasteiger partial charge in [0.15, 0.2) is 0 Å². The minimum atomic E-state index is 0.260. The number of benzene rings is 1. The van der Waals surface area contributed by atoms with E-state index in [1.807, 2.05) is 17.0 Å². The van der Waals surface area contributed by atoms with Gasteiger partial charge in [-0.1, -0.05) is 19.1 Å². The minimum Gasteiger partial charge on any atom is -0.310 e. The van der Waals surface area contributed by atoms with E-state index >= 15 is 0 Å². The van der Waals surface area contributed by atoms with E-state index in [-0.39, 0.29) is 5.91 Å². The maximum absolute atomic E-state index is 11.7. The highest BCUT2D eigenvalue weighted by Gasteiger charge is 2.28. The average Bonchev–Trinajstić information content (AvgIpc) is 2.59. The van der Waals surface area contributed by atoms with Gasteiger partial charge in [0, 0.05) is 18.2 Å². The summed E-state index contributed by atoms with van der Waals surface area (Å²) >= 11 is 0. The lowest BCUT2D eigenvalue weighted by Gasteiger charge is -2.22. The highest BCUT2D eigenvalue weighted by Crippen LogP contribution is 2.26. The van der Waals surface area contributed by atoms with Gasteiger partial charge in [-0.15, -0.1) is 0 Å². The molecule has 1 unspecified atom stereocenters. The lowest BCUT2D eigenvalue weighted by molar-refractivity contribution is -0.117. The van der Waals surface area contributed by atoms with Crippen LogP contribution in [-0.2, 0) is 11.2 Å². The van der Waals surface area contributed by atoms with E-state index in [1.54, 1.807) is 0 Å². The molecule has 0 aliphatic carbocycles. The number of aryl methyl sites for hydroxylation is 1. The topological polar surface area (TPSA) is 20.3 Å². The van der Waals surface area contributed by atoms with Crippen molar-refractivity contribution in [3.8, 4) is 0 Å². The summed E-state index contributed by atoms with van der Waals surface area (Å²) in [6, 6.07) is 8.64. The van der Waals surface area contributed by atoms with Crippen molar-refractivity contribution in [1.82, 2.24) is 0 Å². The summed E-state index contributed by atoms with van der Waals surface area (Å²) in [5.74, 6) is 0.260. The molecule has 2 heteroatoms. The average molecular weight is 203 g/mol. The number of carbonyl (C=O) groups excluding carboxylic acids is 1. The molecule has 0 bridgehead atoms. The van der Waals surface area contributed by atoms with E-state index in [1.165, 1.54) is 5.56 Å². The molecule has 1 aromatic rings. The molecule has 15 heavy (non-hydrogen) atoms. The summed E-state index contributed by atoms with van der Waals surface area (Å²) in [6.07, 6.45) is 2.69. The largest absolute Gasteiger partial charge is 0.310 e. The summed E-state index contributed by atoms with van der Waals surface area (Å²) in [5, 5.41) is 0. The normalized spacial score (nSPS) is 21.1. The third-order valence-corrected chi connectivity index (χ3v) is 3.08. The van der Waals surface area contributed by atoms with Crippen molar-refractivity contribution < 1.29 is 4.79 Å². The molecule has 2 nitrogen and oxygen atoms in total. The van der Waals surface area contributed by atoms with Crippen molar-refractivity contribution in [2.45, 2.75) is 39.2 Å². The van der Waals surface area contributed by atoms with E-state index in [2.05, 4.69) is 26.0 Å². The number of anilines is 1. The van der Waals surface area contributed by atoms with Crippen LogP contribution in [0.15, 0.2) is 24.3 Å². The molecule has 1 aromatic carbocycles. The predicted octanol–water partition coefficient (Wildman–Crippen LogP) is 2.76. The zero-order valence-corrected chi connectivity index (χ0v) is 9.36. The second kappa shape index (κ2) is 4.05. The smallest absolute Gasteiger partial charge is 0.227 e. The second-order valence-electron chi connectivity index (χ2n) is 4.17. The van der Waals surface area contributed by atoms with Gasteiger partial charge in [0.2, 0.25) is 5.91 Å². The summed E-state index contributed by atoms with van der Waals surface area (Å²) < 4.78 is 0. The van der Waals surface area contributed by atoms with E-state index in [4.69, 9.17) is 0 Å². The monoisotopic (exact) mass is 203 g/mol. The van der Waals surface area contributed by atoms with E-state index in [9.17, 15) is 4.79 Å². The standard InChI is InChI=1S/C13H17NO/c1-3-11-5-4-6-12(9-11)14-10(2)7-8-13(14)15/h4-6,9-10H,3,7-8H2,1-2H3. The lowest BCUT2D eigenvalue weighted by Crippen LogP contribution is -2.30. The summed E-state index contributed by atoms with van der Waals surface area (Å²) in [7, 11) is 0. The van der Waals surface area contributed by atoms with Crippen molar-refractivity contribution in [1.29, 1.82) is 0 Å². The molecule has 1 amide bonds. The fraction of sp³-hybridized carbons (Fsp3) is 0.462. The van der Waals surface area contributed by atoms with Gasteiger partial charge in [-0.2, -0.15) is 0 Å². The first kappa shape index (κ1) is 10.2. The molecule has 0 spiro atoms. The van der Waals surface area contributed by atoms with Crippen LogP contribution < -0.4 is 4.90 Å². The number of hydrogen-bond acceptors (Lipinski definition) is 1. The maximum atomic E-state index is 11.7.